The SMILES string of the molecule is CCC1(Nc2cc(N)cc(S(N)(=O)=O)c2C)CCC1. The van der Waals surface area contributed by atoms with Gasteiger partial charge in [0, 0.05) is 16.9 Å². The van der Waals surface area contributed by atoms with Crippen molar-refractivity contribution in [2.24, 2.45) is 5.14 Å². The van der Waals surface area contributed by atoms with Crippen LogP contribution in [0.15, 0.2) is 17.0 Å². The van der Waals surface area contributed by atoms with Gasteiger partial charge in [-0.1, -0.05) is 6.92 Å². The highest BCUT2D eigenvalue weighted by atomic mass is 32.2. The largest absolute Gasteiger partial charge is 0.399 e. The molecular weight excluding hydrogens is 262 g/mol. The molecule has 19 heavy (non-hydrogen) atoms. The molecule has 106 valence electrons. The fourth-order valence-corrected chi connectivity index (χ4v) is 3.43. The predicted molar refractivity (Wildman–Crippen MR) is 77.5 cm³/mol. The Labute approximate surface area is 114 Å². The molecule has 5 nitrogen and oxygen atoms in total. The number of rotatable bonds is 4. The molecule has 0 saturated heterocycles. The second kappa shape index (κ2) is 4.68. The van der Waals surface area contributed by atoms with Gasteiger partial charge in [0.05, 0.1) is 4.90 Å². The Bertz CT molecular complexity index is 587. The quantitative estimate of drug-likeness (QED) is 0.736. The molecule has 0 amide bonds. The molecule has 2 rings (SSSR count). The van der Waals surface area contributed by atoms with Gasteiger partial charge in [0.25, 0.3) is 0 Å². The zero-order valence-electron chi connectivity index (χ0n) is 11.4. The van der Waals surface area contributed by atoms with Gasteiger partial charge in [-0.3, -0.25) is 0 Å². The lowest BCUT2D eigenvalue weighted by Crippen LogP contribution is -2.44. The van der Waals surface area contributed by atoms with Crippen LogP contribution in [0.2, 0.25) is 0 Å². The maximum atomic E-state index is 11.6. The van der Waals surface area contributed by atoms with Crippen LogP contribution in [-0.2, 0) is 10.0 Å². The number of hydrogen-bond donors (Lipinski definition) is 3. The minimum Gasteiger partial charge on any atom is -0.399 e. The smallest absolute Gasteiger partial charge is 0.238 e. The molecule has 0 bridgehead atoms. The summed E-state index contributed by atoms with van der Waals surface area (Å²) >= 11 is 0. The van der Waals surface area contributed by atoms with E-state index in [1.165, 1.54) is 12.5 Å². The third-order valence-electron chi connectivity index (χ3n) is 4.08. The summed E-state index contributed by atoms with van der Waals surface area (Å²) < 4.78 is 23.1. The lowest BCUT2D eigenvalue weighted by atomic mass is 9.74. The summed E-state index contributed by atoms with van der Waals surface area (Å²) in [7, 11) is -3.75. The van der Waals surface area contributed by atoms with Crippen LogP contribution in [0.1, 0.15) is 38.2 Å². The number of anilines is 2. The number of nitrogens with one attached hydrogen (secondary N) is 1. The summed E-state index contributed by atoms with van der Waals surface area (Å²) in [6.45, 7) is 3.89. The van der Waals surface area contributed by atoms with Gasteiger partial charge >= 0.3 is 0 Å². The van der Waals surface area contributed by atoms with Gasteiger partial charge in [0.2, 0.25) is 10.0 Å². The Morgan fingerprint density at radius 3 is 2.42 bits per heavy atom. The van der Waals surface area contributed by atoms with E-state index in [9.17, 15) is 8.42 Å². The highest BCUT2D eigenvalue weighted by Gasteiger charge is 2.35. The van der Waals surface area contributed by atoms with Crippen LogP contribution < -0.4 is 16.2 Å². The van der Waals surface area contributed by atoms with Crippen LogP contribution >= 0.6 is 0 Å². The zero-order valence-corrected chi connectivity index (χ0v) is 12.2. The van der Waals surface area contributed by atoms with Crippen molar-refractivity contribution < 1.29 is 8.42 Å². The number of nitrogens with two attached hydrogens (primary N) is 2. The van der Waals surface area contributed by atoms with Crippen LogP contribution in [0.3, 0.4) is 0 Å². The molecule has 1 fully saturated rings. The summed E-state index contributed by atoms with van der Waals surface area (Å²) in [6, 6.07) is 3.19. The second-order valence-electron chi connectivity index (χ2n) is 5.35. The average molecular weight is 283 g/mol. The van der Waals surface area contributed by atoms with Gasteiger partial charge in [0.1, 0.15) is 0 Å². The van der Waals surface area contributed by atoms with Crippen molar-refractivity contribution in [1.29, 1.82) is 0 Å². The first-order valence-corrected chi connectivity index (χ1v) is 8.03. The van der Waals surface area contributed by atoms with Gasteiger partial charge in [-0.2, -0.15) is 0 Å². The van der Waals surface area contributed by atoms with E-state index in [0.717, 1.165) is 24.9 Å². The maximum absolute atomic E-state index is 11.6. The van der Waals surface area contributed by atoms with E-state index in [2.05, 4.69) is 12.2 Å². The summed E-state index contributed by atoms with van der Waals surface area (Å²) in [5, 5.41) is 8.69. The second-order valence-corrected chi connectivity index (χ2v) is 6.88. The molecule has 5 N–H and O–H groups in total. The lowest BCUT2D eigenvalue weighted by Gasteiger charge is -2.43. The Morgan fingerprint density at radius 1 is 1.37 bits per heavy atom. The molecule has 1 aromatic rings. The van der Waals surface area contributed by atoms with Crippen molar-refractivity contribution in [2.45, 2.75) is 50.0 Å². The minimum atomic E-state index is -3.75. The fraction of sp³-hybridized carbons (Fsp3) is 0.538. The first-order valence-electron chi connectivity index (χ1n) is 6.48. The van der Waals surface area contributed by atoms with Crippen LogP contribution in [0.4, 0.5) is 11.4 Å². The van der Waals surface area contributed by atoms with Crippen molar-refractivity contribution in [1.82, 2.24) is 0 Å². The number of hydrogen-bond acceptors (Lipinski definition) is 4. The molecular formula is C13H21N3O2S. The minimum absolute atomic E-state index is 0.0776. The van der Waals surface area contributed by atoms with Crippen molar-refractivity contribution in [3.8, 4) is 0 Å². The molecule has 6 heteroatoms. The molecule has 0 heterocycles. The topological polar surface area (TPSA) is 98.2 Å². The van der Waals surface area contributed by atoms with E-state index in [4.69, 9.17) is 10.9 Å². The van der Waals surface area contributed by atoms with Crippen molar-refractivity contribution in [3.05, 3.63) is 17.7 Å². The molecule has 0 radical (unpaired) electrons. The predicted octanol–water partition coefficient (Wildman–Crippen LogP) is 1.97. The van der Waals surface area contributed by atoms with E-state index in [1.54, 1.807) is 13.0 Å². The Kier molecular flexibility index (Phi) is 3.49. The first-order chi connectivity index (χ1) is 8.77. The fourth-order valence-electron chi connectivity index (χ4n) is 2.59. The lowest BCUT2D eigenvalue weighted by molar-refractivity contribution is 0.269. The van der Waals surface area contributed by atoms with E-state index in [0.29, 0.717) is 11.3 Å². The normalized spacial score (nSPS) is 17.8. The van der Waals surface area contributed by atoms with E-state index >= 15 is 0 Å². The first kappa shape index (κ1) is 14.1. The van der Waals surface area contributed by atoms with Crippen LogP contribution in [0, 0.1) is 6.92 Å². The summed E-state index contributed by atoms with van der Waals surface area (Å²) in [5.41, 5.74) is 7.67. The summed E-state index contributed by atoms with van der Waals surface area (Å²) in [5.74, 6) is 0. The summed E-state index contributed by atoms with van der Waals surface area (Å²) in [6.07, 6.45) is 4.40. The van der Waals surface area contributed by atoms with Gasteiger partial charge in [-0.25, -0.2) is 13.6 Å². The van der Waals surface area contributed by atoms with Gasteiger partial charge in [-0.15, -0.1) is 0 Å². The highest BCUT2D eigenvalue weighted by Crippen LogP contribution is 2.39. The van der Waals surface area contributed by atoms with E-state index in [1.807, 2.05) is 0 Å². The zero-order chi connectivity index (χ0) is 14.3. The van der Waals surface area contributed by atoms with Crippen molar-refractivity contribution >= 4 is 21.4 Å². The standard InChI is InChI=1S/C13H21N3O2S/c1-3-13(5-4-6-13)16-11-7-10(14)8-12(9(11)2)19(15,17)18/h7-8,16H,3-6,14H2,1-2H3,(H2,15,17,18). The molecule has 0 aliphatic heterocycles. The average Bonchev–Trinajstić information content (AvgIpc) is 2.26. The van der Waals surface area contributed by atoms with Crippen LogP contribution in [-0.4, -0.2) is 14.0 Å². The molecule has 1 aromatic carbocycles. The van der Waals surface area contributed by atoms with Crippen LogP contribution in [0.25, 0.3) is 0 Å². The number of sulfonamides is 1. The molecule has 0 unspecified atom stereocenters. The third-order valence-corrected chi connectivity index (χ3v) is 5.11. The molecule has 1 aliphatic rings. The Hall–Kier alpha value is -1.27. The number of benzene rings is 1. The van der Waals surface area contributed by atoms with Crippen molar-refractivity contribution in [3.63, 3.8) is 0 Å². The maximum Gasteiger partial charge on any atom is 0.238 e. The van der Waals surface area contributed by atoms with Gasteiger partial charge < -0.3 is 11.1 Å². The van der Waals surface area contributed by atoms with Gasteiger partial charge in [0.15, 0.2) is 0 Å². The molecule has 0 spiro atoms. The highest BCUT2D eigenvalue weighted by molar-refractivity contribution is 7.89. The molecule has 0 aromatic heterocycles. The third kappa shape index (κ3) is 2.69. The van der Waals surface area contributed by atoms with Crippen LogP contribution in [0.5, 0.6) is 0 Å². The molecule has 1 saturated carbocycles. The molecule has 1 aliphatic carbocycles. The summed E-state index contributed by atoms with van der Waals surface area (Å²) in [4.78, 5) is 0.0978. The van der Waals surface area contributed by atoms with Gasteiger partial charge in [-0.05, 0) is 50.3 Å². The Balaban J connectivity index is 2.44. The molecule has 0 atom stereocenters. The Morgan fingerprint density at radius 2 is 2.00 bits per heavy atom. The number of primary sulfonamides is 1. The van der Waals surface area contributed by atoms with Crippen molar-refractivity contribution in [2.75, 3.05) is 11.1 Å². The monoisotopic (exact) mass is 283 g/mol. The van der Waals surface area contributed by atoms with E-state index in [-0.39, 0.29) is 10.4 Å². The number of nitrogen functional groups attached to an aromatic ring is 1. The van der Waals surface area contributed by atoms with E-state index < -0.39 is 10.0 Å².